The lowest BCUT2D eigenvalue weighted by molar-refractivity contribution is -0.127. The number of rotatable bonds is 4. The van der Waals surface area contributed by atoms with E-state index >= 15 is 0 Å². The number of nitrogens with zero attached hydrogens (tertiary/aromatic N) is 5. The van der Waals surface area contributed by atoms with Crippen LogP contribution in [0.15, 0.2) is 27.1 Å². The summed E-state index contributed by atoms with van der Waals surface area (Å²) < 4.78 is 33.9. The predicted molar refractivity (Wildman–Crippen MR) is 108 cm³/mol. The number of fused-ring (bicyclic) bond motifs is 1. The Hall–Kier alpha value is -2.21. The third kappa shape index (κ3) is 3.59. The standard InChI is InChI=1S/C17H18ClN5O4S2/c1-11-15(12(2)27-20-11)29(25,26)22-7-5-21(6-8-22)14(24)4-3-13-16(18)19-17-23(13)9-10-28-17/h3-4,9-10H,5-8H2,1-2H3/b4-3+. The van der Waals surface area contributed by atoms with Crippen LogP contribution in [-0.2, 0) is 14.8 Å². The highest BCUT2D eigenvalue weighted by molar-refractivity contribution is 7.89. The van der Waals surface area contributed by atoms with E-state index in [-0.39, 0.29) is 29.7 Å². The molecule has 3 aromatic heterocycles. The molecule has 0 atom stereocenters. The average molecular weight is 456 g/mol. The summed E-state index contributed by atoms with van der Waals surface area (Å²) in [6, 6.07) is 0. The fraction of sp³-hybridized carbons (Fsp3) is 0.353. The van der Waals surface area contributed by atoms with Crippen LogP contribution >= 0.6 is 22.9 Å². The quantitative estimate of drug-likeness (QED) is 0.559. The lowest BCUT2D eigenvalue weighted by Crippen LogP contribution is -2.50. The molecule has 9 nitrogen and oxygen atoms in total. The molecular weight excluding hydrogens is 438 g/mol. The van der Waals surface area contributed by atoms with Crippen LogP contribution in [0.5, 0.6) is 0 Å². The molecule has 1 aliphatic rings. The zero-order valence-corrected chi connectivity index (χ0v) is 18.1. The van der Waals surface area contributed by atoms with Crippen molar-refractivity contribution in [3.63, 3.8) is 0 Å². The summed E-state index contributed by atoms with van der Waals surface area (Å²) in [7, 11) is -3.71. The zero-order valence-electron chi connectivity index (χ0n) is 15.7. The topological polar surface area (TPSA) is 101 Å². The van der Waals surface area contributed by atoms with E-state index in [1.54, 1.807) is 24.8 Å². The maximum absolute atomic E-state index is 12.9. The van der Waals surface area contributed by atoms with E-state index in [0.717, 1.165) is 4.96 Å². The number of amides is 1. The summed E-state index contributed by atoms with van der Waals surface area (Å²) in [5, 5.41) is 5.94. The largest absolute Gasteiger partial charge is 0.360 e. The summed E-state index contributed by atoms with van der Waals surface area (Å²) in [6.45, 7) is 4.16. The third-order valence-corrected chi connectivity index (χ3v) is 7.93. The van der Waals surface area contributed by atoms with Crippen molar-refractivity contribution in [1.82, 2.24) is 23.7 Å². The number of hydrogen-bond donors (Lipinski definition) is 0. The Kier molecular flexibility index (Phi) is 5.23. The van der Waals surface area contributed by atoms with Crippen molar-refractivity contribution in [2.24, 2.45) is 0 Å². The van der Waals surface area contributed by atoms with Crippen molar-refractivity contribution in [1.29, 1.82) is 0 Å². The van der Waals surface area contributed by atoms with Crippen molar-refractivity contribution >= 4 is 49.9 Å². The van der Waals surface area contributed by atoms with Crippen LogP contribution in [0.1, 0.15) is 17.1 Å². The smallest absolute Gasteiger partial charge is 0.248 e. The summed E-state index contributed by atoms with van der Waals surface area (Å²) in [5.74, 6) is 0.0574. The second kappa shape index (κ2) is 7.56. The minimum absolute atomic E-state index is 0.104. The molecule has 1 aliphatic heterocycles. The highest BCUT2D eigenvalue weighted by atomic mass is 35.5. The first-order valence-corrected chi connectivity index (χ1v) is 11.5. The molecule has 1 amide bonds. The van der Waals surface area contributed by atoms with Gasteiger partial charge in [0.05, 0.1) is 5.69 Å². The van der Waals surface area contributed by atoms with Crippen molar-refractivity contribution in [2.45, 2.75) is 18.7 Å². The number of aromatic nitrogens is 3. The molecule has 12 heteroatoms. The Labute approximate surface area is 176 Å². The molecule has 4 heterocycles. The van der Waals surface area contributed by atoms with Gasteiger partial charge in [0, 0.05) is 43.8 Å². The number of hydrogen-bond acceptors (Lipinski definition) is 7. The normalized spacial score (nSPS) is 16.3. The number of carbonyl (C=O) groups is 1. The van der Waals surface area contributed by atoms with Gasteiger partial charge in [-0.15, -0.1) is 11.3 Å². The van der Waals surface area contributed by atoms with Crippen LogP contribution in [-0.4, -0.2) is 64.3 Å². The van der Waals surface area contributed by atoms with Crippen LogP contribution in [0.2, 0.25) is 5.15 Å². The van der Waals surface area contributed by atoms with Gasteiger partial charge in [-0.25, -0.2) is 13.4 Å². The van der Waals surface area contributed by atoms with E-state index in [4.69, 9.17) is 16.1 Å². The lowest BCUT2D eigenvalue weighted by atomic mass is 10.3. The first-order valence-electron chi connectivity index (χ1n) is 8.80. The Morgan fingerprint density at radius 1 is 1.28 bits per heavy atom. The average Bonchev–Trinajstić information content (AvgIpc) is 3.35. The number of aryl methyl sites for hydroxylation is 2. The second-order valence-electron chi connectivity index (χ2n) is 6.56. The Bertz CT molecular complexity index is 1180. The molecule has 154 valence electrons. The highest BCUT2D eigenvalue weighted by Gasteiger charge is 2.33. The molecule has 3 aromatic rings. The first kappa shape index (κ1) is 20.1. The fourth-order valence-electron chi connectivity index (χ4n) is 3.30. The van der Waals surface area contributed by atoms with Gasteiger partial charge in [-0.05, 0) is 19.9 Å². The Balaban J connectivity index is 1.44. The summed E-state index contributed by atoms with van der Waals surface area (Å²) >= 11 is 7.59. The fourth-order valence-corrected chi connectivity index (χ4v) is 6.02. The molecule has 0 spiro atoms. The summed E-state index contributed by atoms with van der Waals surface area (Å²) in [6.07, 6.45) is 4.90. The lowest BCUT2D eigenvalue weighted by Gasteiger charge is -2.33. The number of sulfonamides is 1. The number of imidazole rings is 1. The van der Waals surface area contributed by atoms with Gasteiger partial charge in [0.2, 0.25) is 15.9 Å². The minimum Gasteiger partial charge on any atom is -0.360 e. The van der Waals surface area contributed by atoms with Crippen LogP contribution in [0.3, 0.4) is 0 Å². The molecule has 0 N–H and O–H groups in total. The predicted octanol–water partition coefficient (Wildman–Crippen LogP) is 2.20. The Morgan fingerprint density at radius 3 is 2.66 bits per heavy atom. The molecular formula is C17H18ClN5O4S2. The van der Waals surface area contributed by atoms with Crippen molar-refractivity contribution in [3.05, 3.63) is 40.0 Å². The van der Waals surface area contributed by atoms with Gasteiger partial charge in [0.25, 0.3) is 0 Å². The molecule has 1 fully saturated rings. The third-order valence-electron chi connectivity index (χ3n) is 4.75. The van der Waals surface area contributed by atoms with E-state index in [0.29, 0.717) is 29.6 Å². The molecule has 0 radical (unpaired) electrons. The highest BCUT2D eigenvalue weighted by Crippen LogP contribution is 2.25. The van der Waals surface area contributed by atoms with E-state index in [1.165, 1.54) is 21.7 Å². The van der Waals surface area contributed by atoms with Crippen molar-refractivity contribution in [3.8, 4) is 0 Å². The van der Waals surface area contributed by atoms with Gasteiger partial charge in [-0.3, -0.25) is 9.20 Å². The van der Waals surface area contributed by atoms with Crippen LogP contribution in [0, 0.1) is 13.8 Å². The van der Waals surface area contributed by atoms with E-state index in [9.17, 15) is 13.2 Å². The molecule has 0 aromatic carbocycles. The molecule has 0 bridgehead atoms. The monoisotopic (exact) mass is 455 g/mol. The van der Waals surface area contributed by atoms with Gasteiger partial charge in [0.1, 0.15) is 10.6 Å². The zero-order chi connectivity index (χ0) is 20.8. The maximum atomic E-state index is 12.9. The maximum Gasteiger partial charge on any atom is 0.248 e. The molecule has 0 saturated carbocycles. The molecule has 29 heavy (non-hydrogen) atoms. The number of thiazole rings is 1. The SMILES string of the molecule is Cc1noc(C)c1S(=O)(=O)N1CCN(C(=O)/C=C/c2c(Cl)nc3sccn23)CC1. The molecule has 1 saturated heterocycles. The molecule has 0 unspecified atom stereocenters. The van der Waals surface area contributed by atoms with Gasteiger partial charge < -0.3 is 9.42 Å². The van der Waals surface area contributed by atoms with Gasteiger partial charge >= 0.3 is 0 Å². The number of piperazine rings is 1. The van der Waals surface area contributed by atoms with Gasteiger partial charge in [-0.1, -0.05) is 16.8 Å². The van der Waals surface area contributed by atoms with Crippen LogP contribution in [0.4, 0.5) is 0 Å². The minimum atomic E-state index is -3.71. The van der Waals surface area contributed by atoms with Gasteiger partial charge in [-0.2, -0.15) is 4.31 Å². The van der Waals surface area contributed by atoms with Crippen molar-refractivity contribution in [2.75, 3.05) is 26.2 Å². The molecule has 4 rings (SSSR count). The van der Waals surface area contributed by atoms with Crippen molar-refractivity contribution < 1.29 is 17.7 Å². The van der Waals surface area contributed by atoms with Gasteiger partial charge in [0.15, 0.2) is 15.9 Å². The second-order valence-corrected chi connectivity index (χ2v) is 9.67. The van der Waals surface area contributed by atoms with E-state index in [1.807, 2.05) is 16.0 Å². The number of halogens is 1. The Morgan fingerprint density at radius 2 is 2.00 bits per heavy atom. The van der Waals surface area contributed by atoms with E-state index < -0.39 is 10.0 Å². The number of carbonyl (C=O) groups excluding carboxylic acids is 1. The van der Waals surface area contributed by atoms with E-state index in [2.05, 4.69) is 10.1 Å². The van der Waals surface area contributed by atoms with Crippen LogP contribution in [0.25, 0.3) is 11.0 Å². The summed E-state index contributed by atoms with van der Waals surface area (Å²) in [5.41, 5.74) is 0.970. The molecule has 0 aliphatic carbocycles. The van der Waals surface area contributed by atoms with Crippen LogP contribution < -0.4 is 0 Å². The summed E-state index contributed by atoms with van der Waals surface area (Å²) in [4.78, 5) is 19.2. The first-order chi connectivity index (χ1) is 13.8.